The van der Waals surface area contributed by atoms with Crippen LogP contribution in [0.1, 0.15) is 39.2 Å². The zero-order valence-electron chi connectivity index (χ0n) is 14.0. The van der Waals surface area contributed by atoms with Gasteiger partial charge >= 0.3 is 6.09 Å². The lowest BCUT2D eigenvalue weighted by Crippen LogP contribution is -2.47. The van der Waals surface area contributed by atoms with Crippen LogP contribution in [-0.2, 0) is 4.74 Å². The Morgan fingerprint density at radius 3 is 2.78 bits per heavy atom. The fourth-order valence-electron chi connectivity index (χ4n) is 2.40. The smallest absolute Gasteiger partial charge is 0.410 e. The van der Waals surface area contributed by atoms with Gasteiger partial charge in [-0.1, -0.05) is 11.6 Å². The van der Waals surface area contributed by atoms with Crippen LogP contribution >= 0.6 is 11.6 Å². The maximum absolute atomic E-state index is 12.2. The van der Waals surface area contributed by atoms with Gasteiger partial charge in [-0.3, -0.25) is 0 Å². The molecule has 8 heteroatoms. The van der Waals surface area contributed by atoms with Crippen LogP contribution in [0, 0.1) is 6.92 Å². The fourth-order valence-corrected chi connectivity index (χ4v) is 2.54. The fraction of sp³-hybridized carbons (Fsp3) is 0.667. The summed E-state index contributed by atoms with van der Waals surface area (Å²) in [7, 11) is 0. The summed E-state index contributed by atoms with van der Waals surface area (Å²) in [5.74, 6) is 0.503. The number of anilines is 2. The lowest BCUT2D eigenvalue weighted by Gasteiger charge is -2.34. The molecule has 1 aromatic rings. The average molecular weight is 342 g/mol. The number of rotatable bonds is 2. The number of likely N-dealkylation sites (tertiary alicyclic amines) is 1. The number of hydrogen-bond acceptors (Lipinski definition) is 6. The third-order valence-electron chi connectivity index (χ3n) is 3.62. The van der Waals surface area contributed by atoms with E-state index in [1.54, 1.807) is 11.8 Å². The zero-order chi connectivity index (χ0) is 17.2. The van der Waals surface area contributed by atoms with E-state index in [-0.39, 0.29) is 12.1 Å². The predicted molar refractivity (Wildman–Crippen MR) is 90.6 cm³/mol. The van der Waals surface area contributed by atoms with Crippen molar-refractivity contribution >= 4 is 29.2 Å². The molecule has 23 heavy (non-hydrogen) atoms. The SMILES string of the molecule is Cc1c(Cl)nnc(N[C@@H]2CCCN(C(=O)OC(C)(C)C)C2)c1N. The Bertz CT molecular complexity index is 588. The van der Waals surface area contributed by atoms with E-state index in [0.29, 0.717) is 35.3 Å². The van der Waals surface area contributed by atoms with Crippen molar-refractivity contribution in [3.63, 3.8) is 0 Å². The van der Waals surface area contributed by atoms with Crippen molar-refractivity contribution in [2.24, 2.45) is 0 Å². The summed E-state index contributed by atoms with van der Waals surface area (Å²) >= 11 is 5.90. The monoisotopic (exact) mass is 341 g/mol. The lowest BCUT2D eigenvalue weighted by molar-refractivity contribution is 0.0206. The molecule has 0 saturated carbocycles. The van der Waals surface area contributed by atoms with Crippen molar-refractivity contribution in [2.45, 2.75) is 52.2 Å². The number of amides is 1. The van der Waals surface area contributed by atoms with Crippen LogP contribution in [-0.4, -0.2) is 45.9 Å². The highest BCUT2D eigenvalue weighted by atomic mass is 35.5. The molecule has 7 nitrogen and oxygen atoms in total. The molecule has 1 aromatic heterocycles. The molecule has 0 radical (unpaired) electrons. The summed E-state index contributed by atoms with van der Waals surface area (Å²) in [6, 6.07) is 0.0495. The molecule has 3 N–H and O–H groups in total. The van der Waals surface area contributed by atoms with E-state index in [2.05, 4.69) is 15.5 Å². The highest BCUT2D eigenvalue weighted by Gasteiger charge is 2.28. The molecule has 128 valence electrons. The number of piperidine rings is 1. The van der Waals surface area contributed by atoms with Crippen molar-refractivity contribution in [1.29, 1.82) is 0 Å². The molecule has 1 aliphatic heterocycles. The number of halogens is 1. The molecule has 0 unspecified atom stereocenters. The molecule has 1 fully saturated rings. The standard InChI is InChI=1S/C15H24ClN5O2/c1-9-11(17)13(20-19-12(9)16)18-10-6-5-7-21(8-10)14(22)23-15(2,3)4/h10H,5-8H2,1-4H3,(H2,17,19)(H,18,20)/t10-/m1/s1. The highest BCUT2D eigenvalue weighted by molar-refractivity contribution is 6.30. The van der Waals surface area contributed by atoms with E-state index in [0.717, 1.165) is 12.8 Å². The Kier molecular flexibility index (Phi) is 5.19. The number of nitrogens with two attached hydrogens (primary N) is 1. The highest BCUT2D eigenvalue weighted by Crippen LogP contribution is 2.26. The van der Waals surface area contributed by atoms with Crippen LogP contribution < -0.4 is 11.1 Å². The van der Waals surface area contributed by atoms with Crippen LogP contribution in [0.3, 0.4) is 0 Å². The van der Waals surface area contributed by atoms with Gasteiger partial charge in [-0.25, -0.2) is 4.79 Å². The maximum Gasteiger partial charge on any atom is 0.410 e. The normalized spacial score (nSPS) is 18.7. The van der Waals surface area contributed by atoms with Gasteiger partial charge in [0.1, 0.15) is 5.60 Å². The van der Waals surface area contributed by atoms with Crippen LogP contribution in [0.5, 0.6) is 0 Å². The van der Waals surface area contributed by atoms with Gasteiger partial charge in [0.05, 0.1) is 5.69 Å². The lowest BCUT2D eigenvalue weighted by atomic mass is 10.1. The number of nitrogen functional groups attached to an aromatic ring is 1. The maximum atomic E-state index is 12.2. The quantitative estimate of drug-likeness (QED) is 0.859. The van der Waals surface area contributed by atoms with Gasteiger partial charge in [-0.2, -0.15) is 0 Å². The minimum atomic E-state index is -0.499. The van der Waals surface area contributed by atoms with Crippen LogP contribution in [0.25, 0.3) is 0 Å². The van der Waals surface area contributed by atoms with Gasteiger partial charge in [-0.15, -0.1) is 10.2 Å². The van der Waals surface area contributed by atoms with E-state index < -0.39 is 5.60 Å². The number of carbonyl (C=O) groups excluding carboxylic acids is 1. The van der Waals surface area contributed by atoms with Crippen LogP contribution in [0.15, 0.2) is 0 Å². The Morgan fingerprint density at radius 2 is 2.13 bits per heavy atom. The summed E-state index contributed by atoms with van der Waals surface area (Å²) in [5, 5.41) is 11.4. The summed E-state index contributed by atoms with van der Waals surface area (Å²) < 4.78 is 5.42. The molecule has 0 aromatic carbocycles. The first-order chi connectivity index (χ1) is 10.7. The minimum Gasteiger partial charge on any atom is -0.444 e. The number of nitrogens with one attached hydrogen (secondary N) is 1. The first-order valence-electron chi connectivity index (χ1n) is 7.70. The van der Waals surface area contributed by atoms with Crippen molar-refractivity contribution in [3.8, 4) is 0 Å². The molecular weight excluding hydrogens is 318 g/mol. The third-order valence-corrected chi connectivity index (χ3v) is 3.98. The minimum absolute atomic E-state index is 0.0495. The summed E-state index contributed by atoms with van der Waals surface area (Å²) in [6.45, 7) is 8.60. The van der Waals surface area contributed by atoms with Crippen molar-refractivity contribution in [2.75, 3.05) is 24.1 Å². The van der Waals surface area contributed by atoms with Crippen LogP contribution in [0.2, 0.25) is 5.15 Å². The molecule has 1 amide bonds. The second-order valence-corrected chi connectivity index (χ2v) is 7.15. The Hall–Kier alpha value is -1.76. The van der Waals surface area contributed by atoms with Crippen molar-refractivity contribution in [3.05, 3.63) is 10.7 Å². The molecule has 2 rings (SSSR count). The van der Waals surface area contributed by atoms with Gasteiger partial charge in [0.2, 0.25) is 0 Å². The number of hydrogen-bond donors (Lipinski definition) is 2. The zero-order valence-corrected chi connectivity index (χ0v) is 14.8. The summed E-state index contributed by atoms with van der Waals surface area (Å²) in [5.41, 5.74) is 6.71. The van der Waals surface area contributed by atoms with Gasteiger partial charge < -0.3 is 20.7 Å². The molecule has 2 heterocycles. The average Bonchev–Trinajstić information content (AvgIpc) is 2.46. The second-order valence-electron chi connectivity index (χ2n) is 6.79. The number of aromatic nitrogens is 2. The van der Waals surface area contributed by atoms with E-state index >= 15 is 0 Å². The Balaban J connectivity index is 2.02. The summed E-state index contributed by atoms with van der Waals surface area (Å²) in [6.07, 6.45) is 1.51. The first-order valence-corrected chi connectivity index (χ1v) is 8.08. The molecule has 0 spiro atoms. The number of nitrogens with zero attached hydrogens (tertiary/aromatic N) is 3. The van der Waals surface area contributed by atoms with Gasteiger partial charge in [-0.05, 0) is 40.5 Å². The van der Waals surface area contributed by atoms with Crippen molar-refractivity contribution in [1.82, 2.24) is 15.1 Å². The number of ether oxygens (including phenoxy) is 1. The molecule has 0 bridgehead atoms. The third kappa shape index (κ3) is 4.60. The van der Waals surface area contributed by atoms with Gasteiger partial charge in [0, 0.05) is 24.7 Å². The topological polar surface area (TPSA) is 93.4 Å². The van der Waals surface area contributed by atoms with Gasteiger partial charge in [0.15, 0.2) is 11.0 Å². The predicted octanol–water partition coefficient (Wildman–Crippen LogP) is 2.83. The largest absolute Gasteiger partial charge is 0.444 e. The summed E-state index contributed by atoms with van der Waals surface area (Å²) in [4.78, 5) is 13.9. The number of carbonyl (C=O) groups is 1. The van der Waals surface area contributed by atoms with E-state index in [9.17, 15) is 4.79 Å². The molecule has 1 atom stereocenters. The first kappa shape index (κ1) is 17.6. The Morgan fingerprint density at radius 1 is 1.43 bits per heavy atom. The molecule has 0 aliphatic carbocycles. The molecule has 1 aliphatic rings. The van der Waals surface area contributed by atoms with E-state index in [1.807, 2.05) is 20.8 Å². The molecule has 1 saturated heterocycles. The molecular formula is C15H24ClN5O2. The van der Waals surface area contributed by atoms with E-state index in [4.69, 9.17) is 22.1 Å². The van der Waals surface area contributed by atoms with E-state index in [1.165, 1.54) is 0 Å². The van der Waals surface area contributed by atoms with Crippen molar-refractivity contribution < 1.29 is 9.53 Å². The van der Waals surface area contributed by atoms with Gasteiger partial charge in [0.25, 0.3) is 0 Å². The van der Waals surface area contributed by atoms with Crippen LogP contribution in [0.4, 0.5) is 16.3 Å². The second kappa shape index (κ2) is 6.78. The Labute approximate surface area is 141 Å².